The third-order valence-electron chi connectivity index (χ3n) is 5.36. The third-order valence-corrected chi connectivity index (χ3v) is 5.36. The van der Waals surface area contributed by atoms with Crippen LogP contribution in [0.3, 0.4) is 0 Å². The summed E-state index contributed by atoms with van der Waals surface area (Å²) in [5, 5.41) is 0. The molecule has 0 radical (unpaired) electrons. The predicted octanol–water partition coefficient (Wildman–Crippen LogP) is 3.87. The summed E-state index contributed by atoms with van der Waals surface area (Å²) in [4.78, 5) is 31.7. The molecule has 1 aliphatic carbocycles. The minimum Gasteiger partial charge on any atom is -0.468 e. The van der Waals surface area contributed by atoms with Gasteiger partial charge in [-0.05, 0) is 81.3 Å². The Bertz CT molecular complexity index is 960. The van der Waals surface area contributed by atoms with Crippen molar-refractivity contribution < 1.29 is 23.5 Å². The number of carbonyl (C=O) groups is 2. The second-order valence-electron chi connectivity index (χ2n) is 8.74. The number of allylic oxidation sites excluding steroid dienone is 2. The maximum atomic E-state index is 13.2. The maximum Gasteiger partial charge on any atom is 0.410 e. The highest BCUT2D eigenvalue weighted by Crippen LogP contribution is 2.45. The standard InChI is InChI=1S/C23H28FN3O4/c1-22(2,3)31-21(29)27-10-9-16-11-19(26-18-7-5-17(24)6-8-18)15(13-25)12-23(16,14-27)20(28)30-4/h5-8,11,13H,9-10,12,14,25H2,1-4H3/b15-13-,26-19?. The van der Waals surface area contributed by atoms with Gasteiger partial charge in [-0.3, -0.25) is 4.79 Å². The second-order valence-corrected chi connectivity index (χ2v) is 8.74. The molecular weight excluding hydrogens is 401 g/mol. The number of rotatable bonds is 2. The number of esters is 1. The highest BCUT2D eigenvalue weighted by atomic mass is 19.1. The van der Waals surface area contributed by atoms with Crippen molar-refractivity contribution in [3.63, 3.8) is 0 Å². The van der Waals surface area contributed by atoms with Gasteiger partial charge in [-0.15, -0.1) is 0 Å². The molecule has 31 heavy (non-hydrogen) atoms. The van der Waals surface area contributed by atoms with Crippen molar-refractivity contribution in [2.24, 2.45) is 16.1 Å². The van der Waals surface area contributed by atoms with Crippen molar-refractivity contribution >= 4 is 23.5 Å². The Morgan fingerprint density at radius 1 is 1.26 bits per heavy atom. The smallest absolute Gasteiger partial charge is 0.410 e. The van der Waals surface area contributed by atoms with Gasteiger partial charge in [0.1, 0.15) is 16.8 Å². The molecule has 1 aromatic carbocycles. The monoisotopic (exact) mass is 429 g/mol. The van der Waals surface area contributed by atoms with Gasteiger partial charge in [0.25, 0.3) is 0 Å². The van der Waals surface area contributed by atoms with E-state index in [-0.39, 0.29) is 18.8 Å². The molecule has 2 aliphatic rings. The first-order valence-electron chi connectivity index (χ1n) is 10.1. The zero-order valence-corrected chi connectivity index (χ0v) is 18.3. The van der Waals surface area contributed by atoms with Crippen LogP contribution in [0.15, 0.2) is 52.7 Å². The molecule has 7 nitrogen and oxygen atoms in total. The molecule has 1 unspecified atom stereocenters. The average molecular weight is 429 g/mol. The summed E-state index contributed by atoms with van der Waals surface area (Å²) in [6, 6.07) is 5.81. The molecule has 0 saturated carbocycles. The Balaban J connectivity index is 1.99. The lowest BCUT2D eigenvalue weighted by Crippen LogP contribution is -2.54. The van der Waals surface area contributed by atoms with E-state index in [1.807, 2.05) is 6.08 Å². The van der Waals surface area contributed by atoms with Gasteiger partial charge in [0.2, 0.25) is 0 Å². The fourth-order valence-electron chi connectivity index (χ4n) is 3.90. The number of nitrogens with zero attached hydrogens (tertiary/aromatic N) is 2. The molecule has 2 N–H and O–H groups in total. The normalized spacial score (nSPS) is 23.9. The van der Waals surface area contributed by atoms with Gasteiger partial charge >= 0.3 is 12.1 Å². The second kappa shape index (κ2) is 8.53. The van der Waals surface area contributed by atoms with E-state index in [4.69, 9.17) is 15.2 Å². The van der Waals surface area contributed by atoms with Crippen LogP contribution in [0, 0.1) is 11.2 Å². The Hall–Kier alpha value is -3.16. The predicted molar refractivity (Wildman–Crippen MR) is 115 cm³/mol. The third kappa shape index (κ3) is 4.78. The largest absolute Gasteiger partial charge is 0.468 e. The van der Waals surface area contributed by atoms with Crippen LogP contribution in [0.25, 0.3) is 0 Å². The number of methoxy groups -OCH3 is 1. The van der Waals surface area contributed by atoms with Gasteiger partial charge in [0, 0.05) is 13.1 Å². The number of ether oxygens (including phenoxy) is 2. The van der Waals surface area contributed by atoms with Crippen molar-refractivity contribution in [1.82, 2.24) is 4.90 Å². The maximum absolute atomic E-state index is 13.2. The molecule has 0 spiro atoms. The van der Waals surface area contributed by atoms with E-state index in [9.17, 15) is 14.0 Å². The number of hydrogen-bond acceptors (Lipinski definition) is 6. The summed E-state index contributed by atoms with van der Waals surface area (Å²) in [6.07, 6.45) is 3.47. The summed E-state index contributed by atoms with van der Waals surface area (Å²) in [5.41, 5.74) is 6.83. The van der Waals surface area contributed by atoms with Gasteiger partial charge in [-0.2, -0.15) is 0 Å². The highest BCUT2D eigenvalue weighted by Gasteiger charge is 2.51. The van der Waals surface area contributed by atoms with Crippen molar-refractivity contribution in [3.05, 3.63) is 53.5 Å². The van der Waals surface area contributed by atoms with E-state index in [0.29, 0.717) is 29.9 Å². The first-order valence-corrected chi connectivity index (χ1v) is 10.1. The molecule has 1 aromatic rings. The quantitative estimate of drug-likeness (QED) is 0.720. The zero-order chi connectivity index (χ0) is 22.8. The molecule has 8 heteroatoms. The van der Waals surface area contributed by atoms with E-state index in [0.717, 1.165) is 5.57 Å². The van der Waals surface area contributed by atoms with Crippen LogP contribution >= 0.6 is 0 Å². The number of piperidine rings is 1. The molecule has 1 aliphatic heterocycles. The highest BCUT2D eigenvalue weighted by molar-refractivity contribution is 6.12. The zero-order valence-electron chi connectivity index (χ0n) is 18.3. The number of hydrogen-bond donors (Lipinski definition) is 1. The molecule has 0 bridgehead atoms. The van der Waals surface area contributed by atoms with Gasteiger partial charge in [0.05, 0.1) is 18.5 Å². The van der Waals surface area contributed by atoms with Gasteiger partial charge < -0.3 is 20.1 Å². The lowest BCUT2D eigenvalue weighted by Gasteiger charge is -2.45. The van der Waals surface area contributed by atoms with Gasteiger partial charge in [-0.25, -0.2) is 14.2 Å². The molecule has 1 heterocycles. The van der Waals surface area contributed by atoms with E-state index in [2.05, 4.69) is 4.99 Å². The first-order chi connectivity index (χ1) is 14.6. The number of likely N-dealkylation sites (tertiary alicyclic amines) is 1. The summed E-state index contributed by atoms with van der Waals surface area (Å²) in [6.45, 7) is 5.92. The summed E-state index contributed by atoms with van der Waals surface area (Å²) in [7, 11) is 1.33. The van der Waals surface area contributed by atoms with Crippen molar-refractivity contribution in [1.29, 1.82) is 0 Å². The molecule has 1 atom stereocenters. The summed E-state index contributed by atoms with van der Waals surface area (Å²) >= 11 is 0. The minimum atomic E-state index is -1.06. The van der Waals surface area contributed by atoms with E-state index < -0.39 is 23.1 Å². The fourth-order valence-corrected chi connectivity index (χ4v) is 3.90. The lowest BCUT2D eigenvalue weighted by atomic mass is 9.67. The number of nitrogens with two attached hydrogens (primary N) is 1. The number of carbonyl (C=O) groups excluding carboxylic acids is 2. The number of benzene rings is 1. The minimum absolute atomic E-state index is 0.127. The molecule has 3 rings (SSSR count). The molecule has 0 aromatic heterocycles. The van der Waals surface area contributed by atoms with Gasteiger partial charge in [0.15, 0.2) is 0 Å². The van der Waals surface area contributed by atoms with Crippen LogP contribution in [0.5, 0.6) is 0 Å². The van der Waals surface area contributed by atoms with E-state index in [1.54, 1.807) is 32.9 Å². The van der Waals surface area contributed by atoms with Crippen LogP contribution in [-0.4, -0.2) is 48.5 Å². The van der Waals surface area contributed by atoms with Crippen LogP contribution in [0.1, 0.15) is 33.6 Å². The fraction of sp³-hybridized carbons (Fsp3) is 0.435. The molecular formula is C23H28FN3O4. The molecule has 166 valence electrons. The number of aliphatic imine (C=N–C) groups is 1. The summed E-state index contributed by atoms with van der Waals surface area (Å²) < 4.78 is 23.9. The first kappa shape index (κ1) is 22.5. The molecule has 1 fully saturated rings. The van der Waals surface area contributed by atoms with Crippen LogP contribution in [0.2, 0.25) is 0 Å². The number of fused-ring (bicyclic) bond motifs is 1. The van der Waals surface area contributed by atoms with Crippen molar-refractivity contribution in [2.45, 2.75) is 39.2 Å². The summed E-state index contributed by atoms with van der Waals surface area (Å²) in [5.74, 6) is -0.785. The Morgan fingerprint density at radius 2 is 1.94 bits per heavy atom. The topological polar surface area (TPSA) is 94.2 Å². The van der Waals surface area contributed by atoms with E-state index >= 15 is 0 Å². The van der Waals surface area contributed by atoms with Crippen LogP contribution < -0.4 is 5.73 Å². The van der Waals surface area contributed by atoms with Crippen molar-refractivity contribution in [2.75, 3.05) is 20.2 Å². The van der Waals surface area contributed by atoms with Gasteiger partial charge in [-0.1, -0.05) is 0 Å². The SMILES string of the molecule is COC(=O)C12C/C(=C/N)C(=Nc3ccc(F)cc3)C=C1CCN(C(=O)OC(C)(C)C)C2. The number of halogens is 1. The number of amides is 1. The van der Waals surface area contributed by atoms with Crippen LogP contribution in [-0.2, 0) is 14.3 Å². The average Bonchev–Trinajstić information content (AvgIpc) is 2.72. The van der Waals surface area contributed by atoms with Crippen molar-refractivity contribution in [3.8, 4) is 0 Å². The van der Waals surface area contributed by atoms with E-state index in [1.165, 1.54) is 30.3 Å². The Labute approximate surface area is 181 Å². The Morgan fingerprint density at radius 3 is 2.52 bits per heavy atom. The lowest BCUT2D eigenvalue weighted by molar-refractivity contribution is -0.152. The molecule has 1 saturated heterocycles. The van der Waals surface area contributed by atoms with Crippen LogP contribution in [0.4, 0.5) is 14.9 Å². The molecule has 1 amide bonds. The Kier molecular flexibility index (Phi) is 6.20.